The lowest BCUT2D eigenvalue weighted by molar-refractivity contribution is -0.128. The average molecular weight is 524 g/mol. The maximum absolute atomic E-state index is 13.7. The quantitative estimate of drug-likeness (QED) is 0.359. The van der Waals surface area contributed by atoms with Gasteiger partial charge in [-0.25, -0.2) is 4.99 Å². The van der Waals surface area contributed by atoms with Crippen molar-refractivity contribution in [2.75, 3.05) is 18.8 Å². The Bertz CT molecular complexity index is 1020. The third-order valence-corrected chi connectivity index (χ3v) is 11.4. The molecule has 186 valence electrons. The van der Waals surface area contributed by atoms with E-state index in [1.807, 2.05) is 27.7 Å². The van der Waals surface area contributed by atoms with Crippen LogP contribution in [0.1, 0.15) is 53.9 Å². The molecule has 0 aromatic rings. The van der Waals surface area contributed by atoms with Crippen molar-refractivity contribution < 1.29 is 4.79 Å². The van der Waals surface area contributed by atoms with Crippen LogP contribution in [0.3, 0.4) is 0 Å². The fraction of sp³-hybridized carbons (Fsp3) is 0.731. The predicted octanol–water partition coefficient (Wildman–Crippen LogP) is 5.85. The zero-order chi connectivity index (χ0) is 24.6. The number of fused-ring (bicyclic) bond motifs is 1. The number of carbonyl (C=O) groups is 1. The molecule has 5 nitrogen and oxygen atoms in total. The molecule has 3 heterocycles. The lowest BCUT2D eigenvalue weighted by Crippen LogP contribution is -2.60. The third-order valence-electron chi connectivity index (χ3n) is 9.42. The number of Topliss-reactive ketones (excluding diaryl/α,β-unsaturated/α-hetero) is 1. The number of amidine groups is 2. The van der Waals surface area contributed by atoms with Crippen LogP contribution in [0, 0.1) is 46.3 Å². The van der Waals surface area contributed by atoms with Gasteiger partial charge in [0.15, 0.2) is 0 Å². The lowest BCUT2D eigenvalue weighted by atomic mass is 9.73. The molecule has 0 radical (unpaired) electrons. The van der Waals surface area contributed by atoms with Crippen LogP contribution in [-0.4, -0.2) is 46.7 Å². The van der Waals surface area contributed by atoms with Crippen LogP contribution in [0.4, 0.5) is 0 Å². The molecule has 0 spiro atoms. The van der Waals surface area contributed by atoms with Crippen molar-refractivity contribution in [2.45, 2.75) is 59.4 Å². The molecule has 0 aromatic carbocycles. The highest BCUT2D eigenvalue weighted by Crippen LogP contribution is 2.70. The Morgan fingerprint density at radius 2 is 1.94 bits per heavy atom. The van der Waals surface area contributed by atoms with Gasteiger partial charge in [-0.1, -0.05) is 50.0 Å². The molecule has 8 heteroatoms. The number of nitrogens with one attached hydrogen (secondary N) is 2. The van der Waals surface area contributed by atoms with Crippen molar-refractivity contribution in [3.05, 3.63) is 21.2 Å². The molecule has 0 aromatic heterocycles. The molecule has 0 bridgehead atoms. The minimum absolute atomic E-state index is 0.0836. The topological polar surface area (TPSA) is 68.5 Å². The summed E-state index contributed by atoms with van der Waals surface area (Å²) in [6.45, 7) is 11.5. The number of nitrogens with zero attached hydrogens (tertiary/aromatic N) is 2. The molecule has 2 N–H and O–H groups in total. The highest BCUT2D eigenvalue weighted by molar-refractivity contribution is 8.04. The second-order valence-electron chi connectivity index (χ2n) is 11.4. The SMILES string of the molecule is C/C(=N\C(C)=C(\Cl)C1(C2CC2)CC1C)N1C[C@H]2C(=O)C(C)C(C)C(=N)N[C@@]2(C2C=C(Cl)SC2)C1. The van der Waals surface area contributed by atoms with E-state index in [1.54, 1.807) is 11.8 Å². The number of carbonyl (C=O) groups excluding carboxylic acids is 1. The van der Waals surface area contributed by atoms with E-state index in [4.69, 9.17) is 33.6 Å². The summed E-state index contributed by atoms with van der Waals surface area (Å²) in [5.41, 5.74) is 0.508. The van der Waals surface area contributed by atoms with Crippen molar-refractivity contribution in [2.24, 2.45) is 45.9 Å². The number of thioether (sulfide) groups is 1. The van der Waals surface area contributed by atoms with E-state index in [0.717, 1.165) is 32.6 Å². The summed E-state index contributed by atoms with van der Waals surface area (Å²) in [5.74, 6) is 3.31. The summed E-state index contributed by atoms with van der Waals surface area (Å²) in [6, 6.07) is 0. The van der Waals surface area contributed by atoms with E-state index in [1.165, 1.54) is 19.3 Å². The van der Waals surface area contributed by atoms with E-state index < -0.39 is 5.54 Å². The Balaban J connectivity index is 1.47. The van der Waals surface area contributed by atoms with E-state index in [0.29, 0.717) is 24.8 Å². The molecule has 5 unspecified atom stereocenters. The molecule has 0 amide bonds. The standard InChI is InChI=1S/C26H36Cl2N4OS/c1-13-9-25(13,18-6-7-18)23(28)16(4)30-17(5)32-10-20-22(33)14(2)15(3)24(29)31-26(20,12-32)19-8-21(27)34-11-19/h8,13-15,18-20H,6-7,9-12H2,1-5H3,(H2,29,31)/b23-16+,30-17+/t13?,14?,15?,19?,20-,25?,26+/m0/s1. The van der Waals surface area contributed by atoms with Crippen molar-refractivity contribution in [1.82, 2.24) is 10.2 Å². The van der Waals surface area contributed by atoms with Gasteiger partial charge in [0, 0.05) is 47.0 Å². The zero-order valence-electron chi connectivity index (χ0n) is 20.8. The van der Waals surface area contributed by atoms with Crippen LogP contribution in [0.25, 0.3) is 0 Å². The molecule has 2 aliphatic carbocycles. The summed E-state index contributed by atoms with van der Waals surface area (Å²) in [4.78, 5) is 20.9. The van der Waals surface area contributed by atoms with E-state index in [9.17, 15) is 4.79 Å². The Morgan fingerprint density at radius 3 is 2.50 bits per heavy atom. The van der Waals surface area contributed by atoms with Crippen molar-refractivity contribution in [3.63, 3.8) is 0 Å². The van der Waals surface area contributed by atoms with E-state index >= 15 is 0 Å². The van der Waals surface area contributed by atoms with Gasteiger partial charge in [0.1, 0.15) is 11.6 Å². The average Bonchev–Trinajstić information content (AvgIpc) is 3.68. The van der Waals surface area contributed by atoms with Crippen LogP contribution >= 0.6 is 35.0 Å². The largest absolute Gasteiger partial charge is 0.365 e. The van der Waals surface area contributed by atoms with Gasteiger partial charge in [-0.15, -0.1) is 11.8 Å². The summed E-state index contributed by atoms with van der Waals surface area (Å²) < 4.78 is 0.780. The van der Waals surface area contributed by atoms with E-state index in [2.05, 4.69) is 23.2 Å². The van der Waals surface area contributed by atoms with Gasteiger partial charge < -0.3 is 10.2 Å². The zero-order valence-corrected chi connectivity index (χ0v) is 23.1. The van der Waals surface area contributed by atoms with Crippen molar-refractivity contribution in [1.29, 1.82) is 5.41 Å². The minimum Gasteiger partial charge on any atom is -0.365 e. The first-order valence-electron chi connectivity index (χ1n) is 12.6. The smallest absolute Gasteiger partial charge is 0.143 e. The minimum atomic E-state index is -0.546. The van der Waals surface area contributed by atoms with Crippen LogP contribution in [0.5, 0.6) is 0 Å². The van der Waals surface area contributed by atoms with E-state index in [-0.39, 0.29) is 34.9 Å². The Kier molecular flexibility index (Phi) is 6.21. The molecule has 2 saturated carbocycles. The number of halogens is 2. The molecule has 4 fully saturated rings. The van der Waals surface area contributed by atoms with Gasteiger partial charge in [0.25, 0.3) is 0 Å². The first-order valence-corrected chi connectivity index (χ1v) is 14.3. The number of likely N-dealkylation sites (tertiary alicyclic amines) is 1. The van der Waals surface area contributed by atoms with Crippen molar-refractivity contribution in [3.8, 4) is 0 Å². The molecule has 7 atom stereocenters. The fourth-order valence-corrected chi connectivity index (χ4v) is 8.55. The summed E-state index contributed by atoms with van der Waals surface area (Å²) in [6.07, 6.45) is 5.80. The Labute approximate surface area is 217 Å². The Hall–Kier alpha value is -0.980. The number of ketones is 1. The lowest BCUT2D eigenvalue weighted by Gasteiger charge is -2.39. The van der Waals surface area contributed by atoms with Crippen molar-refractivity contribution >= 4 is 52.4 Å². The number of hydrogen-bond donors (Lipinski definition) is 2. The van der Waals surface area contributed by atoms with Crippen LogP contribution in [-0.2, 0) is 4.79 Å². The number of allylic oxidation sites excluding steroid dienone is 2. The second kappa shape index (κ2) is 8.55. The highest BCUT2D eigenvalue weighted by atomic mass is 35.5. The van der Waals surface area contributed by atoms with Crippen LogP contribution < -0.4 is 5.32 Å². The molecular formula is C26H36Cl2N4OS. The second-order valence-corrected chi connectivity index (χ2v) is 13.4. The fourth-order valence-electron chi connectivity index (χ4n) is 6.76. The number of rotatable bonds is 4. The molecule has 3 aliphatic heterocycles. The number of hydrogen-bond acceptors (Lipinski definition) is 4. The Morgan fingerprint density at radius 1 is 1.26 bits per heavy atom. The first kappa shape index (κ1) is 24.7. The first-order chi connectivity index (χ1) is 16.0. The monoisotopic (exact) mass is 522 g/mol. The number of aliphatic imine (C=N–C) groups is 1. The normalized spacial score (nSPS) is 43.3. The van der Waals surface area contributed by atoms with Gasteiger partial charge in [-0.3, -0.25) is 10.2 Å². The third kappa shape index (κ3) is 3.78. The molecule has 5 aliphatic rings. The van der Waals surface area contributed by atoms with Gasteiger partial charge in [0.05, 0.1) is 27.4 Å². The van der Waals surface area contributed by atoms with Gasteiger partial charge in [-0.05, 0) is 44.9 Å². The van der Waals surface area contributed by atoms with Crippen LogP contribution in [0.2, 0.25) is 0 Å². The maximum Gasteiger partial charge on any atom is 0.143 e. The highest BCUT2D eigenvalue weighted by Gasteiger charge is 2.62. The molecular weight excluding hydrogens is 487 g/mol. The summed E-state index contributed by atoms with van der Waals surface area (Å²) in [5, 5.41) is 13.2. The molecule has 5 rings (SSSR count). The maximum atomic E-state index is 13.7. The molecule has 2 saturated heterocycles. The predicted molar refractivity (Wildman–Crippen MR) is 142 cm³/mol. The van der Waals surface area contributed by atoms with Gasteiger partial charge in [0.2, 0.25) is 0 Å². The molecule has 34 heavy (non-hydrogen) atoms. The van der Waals surface area contributed by atoms with Crippen LogP contribution in [0.15, 0.2) is 26.2 Å². The van der Waals surface area contributed by atoms with Gasteiger partial charge in [-0.2, -0.15) is 0 Å². The summed E-state index contributed by atoms with van der Waals surface area (Å²) >= 11 is 15.0. The van der Waals surface area contributed by atoms with Gasteiger partial charge >= 0.3 is 0 Å². The summed E-state index contributed by atoms with van der Waals surface area (Å²) in [7, 11) is 0.